The van der Waals surface area contributed by atoms with Crippen molar-refractivity contribution in [1.82, 2.24) is 19.5 Å². The molecule has 1 unspecified atom stereocenters. The first-order valence-corrected chi connectivity index (χ1v) is 12.7. The third-order valence-electron chi connectivity index (χ3n) is 7.12. The summed E-state index contributed by atoms with van der Waals surface area (Å²) in [6.45, 7) is 0.575. The van der Waals surface area contributed by atoms with Gasteiger partial charge in [0.1, 0.15) is 11.5 Å². The molecule has 39 heavy (non-hydrogen) atoms. The van der Waals surface area contributed by atoms with Gasteiger partial charge in [-0.25, -0.2) is 9.50 Å². The van der Waals surface area contributed by atoms with Gasteiger partial charge in [0, 0.05) is 12.1 Å². The van der Waals surface area contributed by atoms with Crippen LogP contribution in [-0.4, -0.2) is 70.7 Å². The standard InChI is InChI=1S/C28H30F3N5O3/c1-38-24-6-4-3-5-21(24)23-10-8-20-16-32-27(34-36(20)23)33-22-9-7-19(15-25(22)39-2)18-11-13-35(14-12-18)17-26(37)28(29,30)31/h3-10,15-16,18,26,37H,11-14,17H2,1-2H3,(H,33,34). The molecule has 2 N–H and O–H groups in total. The maximum absolute atomic E-state index is 12.7. The molecule has 0 radical (unpaired) electrons. The zero-order valence-corrected chi connectivity index (χ0v) is 21.7. The summed E-state index contributed by atoms with van der Waals surface area (Å²) in [5, 5.41) is 17.3. The summed E-state index contributed by atoms with van der Waals surface area (Å²) in [7, 11) is 3.22. The number of piperidine rings is 1. The molecule has 2 aromatic carbocycles. The first-order chi connectivity index (χ1) is 18.8. The van der Waals surface area contributed by atoms with Crippen molar-refractivity contribution in [3.8, 4) is 22.8 Å². The molecule has 4 aromatic rings. The molecule has 8 nitrogen and oxygen atoms in total. The normalized spacial score (nSPS) is 15.8. The Hall–Kier alpha value is -3.83. The molecule has 0 amide bonds. The minimum atomic E-state index is -4.60. The lowest BCUT2D eigenvalue weighted by Gasteiger charge is -2.33. The van der Waals surface area contributed by atoms with E-state index < -0.39 is 18.8 Å². The molecule has 5 rings (SSSR count). The average molecular weight is 542 g/mol. The molecule has 1 aliphatic heterocycles. The van der Waals surface area contributed by atoms with Gasteiger partial charge in [-0.1, -0.05) is 18.2 Å². The van der Waals surface area contributed by atoms with Crippen molar-refractivity contribution in [2.75, 3.05) is 39.2 Å². The van der Waals surface area contributed by atoms with Crippen molar-refractivity contribution in [3.05, 3.63) is 66.4 Å². The van der Waals surface area contributed by atoms with Crippen LogP contribution < -0.4 is 14.8 Å². The Kier molecular flexibility index (Phi) is 7.62. The number of alkyl halides is 3. The first-order valence-electron chi connectivity index (χ1n) is 12.7. The Balaban J connectivity index is 1.31. The number of para-hydroxylation sites is 1. The minimum absolute atomic E-state index is 0.183. The lowest BCUT2D eigenvalue weighted by atomic mass is 9.89. The number of hydrogen-bond donors (Lipinski definition) is 2. The monoisotopic (exact) mass is 541 g/mol. The van der Waals surface area contributed by atoms with E-state index in [1.54, 1.807) is 29.8 Å². The van der Waals surface area contributed by atoms with Crippen molar-refractivity contribution >= 4 is 17.2 Å². The Morgan fingerprint density at radius 2 is 1.77 bits per heavy atom. The second kappa shape index (κ2) is 11.1. The maximum Gasteiger partial charge on any atom is 0.415 e. The third-order valence-corrected chi connectivity index (χ3v) is 7.12. The Labute approximate surface area is 224 Å². The van der Waals surface area contributed by atoms with Crippen molar-refractivity contribution in [3.63, 3.8) is 0 Å². The van der Waals surface area contributed by atoms with Gasteiger partial charge in [0.25, 0.3) is 0 Å². The van der Waals surface area contributed by atoms with Crippen LogP contribution in [0.25, 0.3) is 16.8 Å². The number of ether oxygens (including phenoxy) is 2. The predicted molar refractivity (Wildman–Crippen MR) is 142 cm³/mol. The van der Waals surface area contributed by atoms with Crippen LogP contribution in [0.15, 0.2) is 60.8 Å². The van der Waals surface area contributed by atoms with Gasteiger partial charge in [0.05, 0.1) is 37.3 Å². The van der Waals surface area contributed by atoms with E-state index in [2.05, 4.69) is 10.3 Å². The number of nitrogens with one attached hydrogen (secondary N) is 1. The highest BCUT2D eigenvalue weighted by Gasteiger charge is 2.39. The summed E-state index contributed by atoms with van der Waals surface area (Å²) < 4.78 is 51.1. The summed E-state index contributed by atoms with van der Waals surface area (Å²) in [4.78, 5) is 6.12. The van der Waals surface area contributed by atoms with Gasteiger partial charge in [-0.3, -0.25) is 0 Å². The number of aromatic nitrogens is 3. The van der Waals surface area contributed by atoms with Gasteiger partial charge >= 0.3 is 6.18 Å². The van der Waals surface area contributed by atoms with Gasteiger partial charge in [0.15, 0.2) is 6.10 Å². The van der Waals surface area contributed by atoms with Crippen molar-refractivity contribution in [2.45, 2.75) is 31.0 Å². The number of methoxy groups -OCH3 is 2. The lowest BCUT2D eigenvalue weighted by Crippen LogP contribution is -2.43. The number of nitrogens with zero attached hydrogens (tertiary/aromatic N) is 4. The molecule has 0 bridgehead atoms. The fraction of sp³-hybridized carbons (Fsp3) is 0.357. The highest BCUT2D eigenvalue weighted by molar-refractivity contribution is 5.72. The van der Waals surface area contributed by atoms with Gasteiger partial charge in [0.2, 0.25) is 5.95 Å². The number of rotatable bonds is 8. The number of hydrogen-bond acceptors (Lipinski definition) is 7. The Bertz CT molecular complexity index is 1430. The molecule has 206 valence electrons. The van der Waals surface area contributed by atoms with Gasteiger partial charge in [-0.05, 0) is 73.8 Å². The van der Waals surface area contributed by atoms with E-state index in [9.17, 15) is 18.3 Å². The largest absolute Gasteiger partial charge is 0.496 e. The fourth-order valence-electron chi connectivity index (χ4n) is 5.00. The highest BCUT2D eigenvalue weighted by Crippen LogP contribution is 2.36. The van der Waals surface area contributed by atoms with Gasteiger partial charge < -0.3 is 24.8 Å². The maximum atomic E-state index is 12.7. The molecule has 0 aliphatic carbocycles. The molecule has 1 atom stereocenters. The van der Waals surface area contributed by atoms with Crippen LogP contribution in [0.4, 0.5) is 24.8 Å². The minimum Gasteiger partial charge on any atom is -0.496 e. The van der Waals surface area contributed by atoms with Crippen molar-refractivity contribution in [1.29, 1.82) is 0 Å². The summed E-state index contributed by atoms with van der Waals surface area (Å²) in [5.74, 6) is 1.93. The summed E-state index contributed by atoms with van der Waals surface area (Å²) >= 11 is 0. The van der Waals surface area contributed by atoms with Gasteiger partial charge in [-0.2, -0.15) is 13.2 Å². The molecule has 3 heterocycles. The van der Waals surface area contributed by atoms with E-state index in [1.165, 1.54) is 0 Å². The van der Waals surface area contributed by atoms with E-state index in [0.717, 1.165) is 28.1 Å². The van der Waals surface area contributed by atoms with Crippen LogP contribution in [0, 0.1) is 0 Å². The first kappa shape index (κ1) is 26.8. The number of aliphatic hydroxyl groups excluding tert-OH is 1. The molecule has 1 aliphatic rings. The van der Waals surface area contributed by atoms with Crippen LogP contribution in [0.1, 0.15) is 24.3 Å². The van der Waals surface area contributed by atoms with Crippen molar-refractivity contribution in [2.24, 2.45) is 0 Å². The SMILES string of the molecule is COc1cc(C2CCN(CC(O)C(F)(F)F)CC2)ccc1Nc1ncc2ccc(-c3ccccc3OC)n2n1. The number of likely N-dealkylation sites (tertiary alicyclic amines) is 1. The number of β-amino-alcohol motifs (C(OH)–C–C–N with tert-alkyl or cyclic N) is 1. The highest BCUT2D eigenvalue weighted by atomic mass is 19.4. The van der Waals surface area contributed by atoms with Crippen LogP contribution >= 0.6 is 0 Å². The topological polar surface area (TPSA) is 84.2 Å². The van der Waals surface area contributed by atoms with Crippen LogP contribution in [0.3, 0.4) is 0 Å². The number of fused-ring (bicyclic) bond motifs is 1. The van der Waals surface area contributed by atoms with Crippen LogP contribution in [-0.2, 0) is 0 Å². The lowest BCUT2D eigenvalue weighted by molar-refractivity contribution is -0.208. The molecular weight excluding hydrogens is 511 g/mol. The number of halogens is 3. The predicted octanol–water partition coefficient (Wildman–Crippen LogP) is 5.26. The van der Waals surface area contributed by atoms with Crippen LogP contribution in [0.2, 0.25) is 0 Å². The zero-order valence-electron chi connectivity index (χ0n) is 21.7. The number of aliphatic hydroxyl groups is 1. The molecular formula is C28H30F3N5O3. The van der Waals surface area contributed by atoms with E-state index in [4.69, 9.17) is 14.6 Å². The van der Waals surface area contributed by atoms with Gasteiger partial charge in [-0.15, -0.1) is 5.10 Å². The molecule has 1 fully saturated rings. The summed E-state index contributed by atoms with van der Waals surface area (Å²) in [6.07, 6.45) is -3.80. The fourth-order valence-corrected chi connectivity index (χ4v) is 5.00. The number of anilines is 2. The second-order valence-electron chi connectivity index (χ2n) is 9.55. The van der Waals surface area contributed by atoms with Crippen LogP contribution in [0.5, 0.6) is 11.5 Å². The third kappa shape index (κ3) is 5.79. The quantitative estimate of drug-likeness (QED) is 0.315. The Morgan fingerprint density at radius 3 is 2.49 bits per heavy atom. The van der Waals surface area contributed by atoms with E-state index >= 15 is 0 Å². The van der Waals surface area contributed by atoms with E-state index in [1.807, 2.05) is 54.6 Å². The molecule has 2 aromatic heterocycles. The smallest absolute Gasteiger partial charge is 0.415 e. The average Bonchev–Trinajstić information content (AvgIpc) is 3.36. The Morgan fingerprint density at radius 1 is 1.03 bits per heavy atom. The second-order valence-corrected chi connectivity index (χ2v) is 9.55. The summed E-state index contributed by atoms with van der Waals surface area (Å²) in [5.41, 5.74) is 4.35. The summed E-state index contributed by atoms with van der Waals surface area (Å²) in [6, 6.07) is 17.5. The zero-order chi connectivity index (χ0) is 27.6. The molecule has 0 spiro atoms. The molecule has 1 saturated heterocycles. The number of benzene rings is 2. The van der Waals surface area contributed by atoms with E-state index in [0.29, 0.717) is 43.3 Å². The molecule has 11 heteroatoms. The van der Waals surface area contributed by atoms with Crippen molar-refractivity contribution < 1.29 is 27.8 Å². The van der Waals surface area contributed by atoms with E-state index in [-0.39, 0.29) is 5.92 Å². The molecule has 0 saturated carbocycles.